The minimum absolute atomic E-state index is 0. The molecule has 3 N–H and O–H groups in total. The van der Waals surface area contributed by atoms with E-state index in [9.17, 15) is 4.79 Å². The number of halogens is 2. The van der Waals surface area contributed by atoms with Crippen LogP contribution in [0.15, 0.2) is 24.3 Å². The third-order valence-corrected chi connectivity index (χ3v) is 3.57. The summed E-state index contributed by atoms with van der Waals surface area (Å²) in [4.78, 5) is 13.9. The molecule has 1 aliphatic heterocycles. The van der Waals surface area contributed by atoms with Crippen molar-refractivity contribution < 1.29 is 4.79 Å². The fourth-order valence-electron chi connectivity index (χ4n) is 2.45. The molecule has 1 aromatic rings. The van der Waals surface area contributed by atoms with Gasteiger partial charge in [-0.2, -0.15) is 0 Å². The molecule has 1 amide bonds. The molecule has 4 nitrogen and oxygen atoms in total. The number of carbonyl (C=O) groups excluding carboxylic acids is 1. The zero-order valence-electron chi connectivity index (χ0n) is 12.2. The average molecular weight is 334 g/mol. The van der Waals surface area contributed by atoms with Crippen LogP contribution < -0.4 is 11.1 Å². The van der Waals surface area contributed by atoms with E-state index in [-0.39, 0.29) is 30.7 Å². The Balaban J connectivity index is 0.00000200. The summed E-state index contributed by atoms with van der Waals surface area (Å²) in [5, 5.41) is 2.95. The van der Waals surface area contributed by atoms with Gasteiger partial charge in [0.1, 0.15) is 0 Å². The molecule has 2 rings (SSSR count). The first-order valence-corrected chi connectivity index (χ1v) is 7.05. The fraction of sp³-hybridized carbons (Fsp3) is 0.533. The predicted octanol–water partition coefficient (Wildman–Crippen LogP) is 1.74. The van der Waals surface area contributed by atoms with E-state index in [0.29, 0.717) is 13.0 Å². The molecule has 1 heterocycles. The van der Waals surface area contributed by atoms with Crippen molar-refractivity contribution in [2.75, 3.05) is 26.2 Å². The second kappa shape index (κ2) is 10.9. The summed E-state index contributed by atoms with van der Waals surface area (Å²) >= 11 is 0. The molecule has 0 saturated heterocycles. The lowest BCUT2D eigenvalue weighted by Gasteiger charge is -2.28. The molecule has 0 fully saturated rings. The SMILES string of the molecule is Cl.Cl.NCCCC(=O)NCCN1CCc2ccccc2C1. The Kier molecular flexibility index (Phi) is 10.4. The average Bonchev–Trinajstić information content (AvgIpc) is 2.45. The molecule has 0 bridgehead atoms. The molecular weight excluding hydrogens is 309 g/mol. The van der Waals surface area contributed by atoms with Crippen molar-refractivity contribution in [3.8, 4) is 0 Å². The highest BCUT2D eigenvalue weighted by atomic mass is 35.5. The van der Waals surface area contributed by atoms with Crippen LogP contribution in [0.4, 0.5) is 0 Å². The summed E-state index contributed by atoms with van der Waals surface area (Å²) in [5.74, 6) is 0.114. The first-order chi connectivity index (χ1) is 9.29. The van der Waals surface area contributed by atoms with Crippen LogP contribution in [0.3, 0.4) is 0 Å². The van der Waals surface area contributed by atoms with Crippen LogP contribution in [-0.4, -0.2) is 37.0 Å². The van der Waals surface area contributed by atoms with E-state index in [1.807, 2.05) is 0 Å². The Labute approximate surface area is 139 Å². The molecule has 120 valence electrons. The fourth-order valence-corrected chi connectivity index (χ4v) is 2.45. The van der Waals surface area contributed by atoms with Crippen molar-refractivity contribution in [2.24, 2.45) is 5.73 Å². The van der Waals surface area contributed by atoms with E-state index < -0.39 is 0 Å². The Morgan fingerprint density at radius 2 is 1.95 bits per heavy atom. The summed E-state index contributed by atoms with van der Waals surface area (Å²) in [5.41, 5.74) is 8.26. The highest BCUT2D eigenvalue weighted by molar-refractivity contribution is 5.85. The number of hydrogen-bond acceptors (Lipinski definition) is 3. The standard InChI is InChI=1S/C15H23N3O.2ClH/c16-8-3-6-15(19)17-9-11-18-10-7-13-4-1-2-5-14(13)12-18;;/h1-2,4-5H,3,6-12,16H2,(H,17,19);2*1H. The van der Waals surface area contributed by atoms with Gasteiger partial charge in [-0.3, -0.25) is 9.69 Å². The minimum Gasteiger partial charge on any atom is -0.355 e. The number of carbonyl (C=O) groups is 1. The van der Waals surface area contributed by atoms with E-state index in [4.69, 9.17) is 5.73 Å². The van der Waals surface area contributed by atoms with Crippen LogP contribution in [-0.2, 0) is 17.8 Å². The van der Waals surface area contributed by atoms with Crippen molar-refractivity contribution in [3.63, 3.8) is 0 Å². The summed E-state index contributed by atoms with van der Waals surface area (Å²) in [7, 11) is 0. The summed E-state index contributed by atoms with van der Waals surface area (Å²) in [6.45, 7) is 4.30. The second-order valence-corrected chi connectivity index (χ2v) is 5.04. The first-order valence-electron chi connectivity index (χ1n) is 7.05. The number of nitrogens with one attached hydrogen (secondary N) is 1. The van der Waals surface area contributed by atoms with Gasteiger partial charge >= 0.3 is 0 Å². The molecule has 0 spiro atoms. The first kappa shape index (κ1) is 20.2. The van der Waals surface area contributed by atoms with E-state index in [1.54, 1.807) is 0 Å². The zero-order valence-corrected chi connectivity index (χ0v) is 13.8. The smallest absolute Gasteiger partial charge is 0.220 e. The number of fused-ring (bicyclic) bond motifs is 1. The quantitative estimate of drug-likeness (QED) is 0.833. The number of benzene rings is 1. The predicted molar refractivity (Wildman–Crippen MR) is 91.2 cm³/mol. The van der Waals surface area contributed by atoms with Crippen LogP contribution in [0.2, 0.25) is 0 Å². The summed E-state index contributed by atoms with van der Waals surface area (Å²) in [6, 6.07) is 8.60. The molecule has 0 unspecified atom stereocenters. The third kappa shape index (κ3) is 6.66. The Morgan fingerprint density at radius 3 is 2.67 bits per heavy atom. The monoisotopic (exact) mass is 333 g/mol. The number of amides is 1. The van der Waals surface area contributed by atoms with Crippen molar-refractivity contribution >= 4 is 30.7 Å². The zero-order chi connectivity index (χ0) is 13.5. The molecule has 0 aromatic heterocycles. The molecule has 0 aliphatic carbocycles. The number of rotatable bonds is 6. The van der Waals surface area contributed by atoms with Gasteiger partial charge in [0.25, 0.3) is 0 Å². The molecule has 21 heavy (non-hydrogen) atoms. The van der Waals surface area contributed by atoms with E-state index >= 15 is 0 Å². The van der Waals surface area contributed by atoms with Crippen LogP contribution in [0.25, 0.3) is 0 Å². The minimum atomic E-state index is 0. The number of nitrogens with two attached hydrogens (primary N) is 1. The maximum absolute atomic E-state index is 11.5. The molecule has 6 heteroatoms. The van der Waals surface area contributed by atoms with Crippen LogP contribution in [0.5, 0.6) is 0 Å². The lowest BCUT2D eigenvalue weighted by atomic mass is 10.00. The lowest BCUT2D eigenvalue weighted by molar-refractivity contribution is -0.121. The molecule has 0 atom stereocenters. The second-order valence-electron chi connectivity index (χ2n) is 5.04. The highest BCUT2D eigenvalue weighted by Gasteiger charge is 2.15. The molecule has 0 radical (unpaired) electrons. The van der Waals surface area contributed by atoms with Gasteiger partial charge in [0, 0.05) is 32.6 Å². The van der Waals surface area contributed by atoms with E-state index in [2.05, 4.69) is 34.5 Å². The van der Waals surface area contributed by atoms with Gasteiger partial charge in [-0.15, -0.1) is 24.8 Å². The topological polar surface area (TPSA) is 58.4 Å². The molecule has 1 aromatic carbocycles. The van der Waals surface area contributed by atoms with Gasteiger partial charge in [-0.05, 0) is 30.5 Å². The van der Waals surface area contributed by atoms with Gasteiger partial charge in [-0.25, -0.2) is 0 Å². The van der Waals surface area contributed by atoms with Crippen molar-refractivity contribution in [2.45, 2.75) is 25.8 Å². The maximum atomic E-state index is 11.5. The molecule has 0 saturated carbocycles. The summed E-state index contributed by atoms with van der Waals surface area (Å²) in [6.07, 6.45) is 2.42. The van der Waals surface area contributed by atoms with Crippen LogP contribution >= 0.6 is 24.8 Å². The van der Waals surface area contributed by atoms with Gasteiger partial charge in [0.15, 0.2) is 0 Å². The van der Waals surface area contributed by atoms with Crippen molar-refractivity contribution in [1.29, 1.82) is 0 Å². The largest absolute Gasteiger partial charge is 0.355 e. The van der Waals surface area contributed by atoms with Crippen molar-refractivity contribution in [1.82, 2.24) is 10.2 Å². The highest BCUT2D eigenvalue weighted by Crippen LogP contribution is 2.17. The molecule has 1 aliphatic rings. The van der Waals surface area contributed by atoms with Crippen molar-refractivity contribution in [3.05, 3.63) is 35.4 Å². The normalized spacial score (nSPS) is 13.6. The lowest BCUT2D eigenvalue weighted by Crippen LogP contribution is -2.37. The van der Waals surface area contributed by atoms with Gasteiger partial charge in [0.05, 0.1) is 0 Å². The Bertz CT molecular complexity index is 429. The number of hydrogen-bond donors (Lipinski definition) is 2. The van der Waals surface area contributed by atoms with Gasteiger partial charge in [0.2, 0.25) is 5.91 Å². The number of nitrogens with zero attached hydrogens (tertiary/aromatic N) is 1. The Hall–Kier alpha value is -0.810. The summed E-state index contributed by atoms with van der Waals surface area (Å²) < 4.78 is 0. The molecular formula is C15H25Cl2N3O. The third-order valence-electron chi connectivity index (χ3n) is 3.57. The van der Waals surface area contributed by atoms with Crippen LogP contribution in [0, 0.1) is 0 Å². The maximum Gasteiger partial charge on any atom is 0.220 e. The Morgan fingerprint density at radius 1 is 1.24 bits per heavy atom. The van der Waals surface area contributed by atoms with Gasteiger partial charge in [-0.1, -0.05) is 24.3 Å². The van der Waals surface area contributed by atoms with Crippen LogP contribution in [0.1, 0.15) is 24.0 Å². The van der Waals surface area contributed by atoms with E-state index in [0.717, 1.165) is 39.0 Å². The van der Waals surface area contributed by atoms with E-state index in [1.165, 1.54) is 11.1 Å². The van der Waals surface area contributed by atoms with Gasteiger partial charge < -0.3 is 11.1 Å².